The summed E-state index contributed by atoms with van der Waals surface area (Å²) in [6, 6.07) is 15.4. The second-order valence-corrected chi connectivity index (χ2v) is 7.70. The average Bonchev–Trinajstić information content (AvgIpc) is 3.02. The molecule has 3 rings (SSSR count). The molecule has 1 heterocycles. The Bertz CT molecular complexity index is 948. The molecule has 0 radical (unpaired) electrons. The first-order chi connectivity index (χ1) is 13.5. The lowest BCUT2D eigenvalue weighted by Gasteiger charge is -2.27. The van der Waals surface area contributed by atoms with Crippen LogP contribution in [0, 0.1) is 5.82 Å². The molecule has 0 bridgehead atoms. The second kappa shape index (κ2) is 8.57. The lowest BCUT2D eigenvalue weighted by atomic mass is 9.90. The Morgan fingerprint density at radius 1 is 1.18 bits per heavy atom. The van der Waals surface area contributed by atoms with E-state index in [0.717, 1.165) is 35.1 Å². The molecular weight excluding hydrogens is 355 g/mol. The smallest absolute Gasteiger partial charge is 0.211 e. The molecule has 2 aromatic carbocycles. The van der Waals surface area contributed by atoms with Crippen molar-refractivity contribution in [2.45, 2.75) is 45.8 Å². The molecule has 0 saturated carbocycles. The van der Waals surface area contributed by atoms with Crippen molar-refractivity contribution in [1.29, 1.82) is 0 Å². The fourth-order valence-corrected chi connectivity index (χ4v) is 3.56. The molecule has 0 fully saturated rings. The van der Waals surface area contributed by atoms with Crippen molar-refractivity contribution in [3.63, 3.8) is 0 Å². The number of aromatic nitrogens is 1. The van der Waals surface area contributed by atoms with E-state index in [0.29, 0.717) is 19.6 Å². The molecule has 1 amide bonds. The van der Waals surface area contributed by atoms with E-state index in [9.17, 15) is 9.18 Å². The fraction of sp³-hybridized carbons (Fsp3) is 0.348. The predicted octanol–water partition coefficient (Wildman–Crippen LogP) is 5.25. The number of carbonyl (C=O) groups excluding carboxylic acids is 1. The number of benzene rings is 2. The molecule has 0 saturated heterocycles. The van der Waals surface area contributed by atoms with Crippen molar-refractivity contribution in [3.05, 3.63) is 65.6 Å². The first kappa shape index (κ1) is 20.1. The van der Waals surface area contributed by atoms with Gasteiger partial charge in [0.25, 0.3) is 0 Å². The highest BCUT2D eigenvalue weighted by Gasteiger charge is 2.27. The first-order valence-corrected chi connectivity index (χ1v) is 9.61. The van der Waals surface area contributed by atoms with Crippen molar-refractivity contribution >= 4 is 23.0 Å². The van der Waals surface area contributed by atoms with Gasteiger partial charge in [0.15, 0.2) is 0 Å². The van der Waals surface area contributed by atoms with E-state index in [1.54, 1.807) is 6.07 Å². The molecule has 0 spiro atoms. The van der Waals surface area contributed by atoms with Crippen LogP contribution in [0.4, 0.5) is 10.1 Å². The summed E-state index contributed by atoms with van der Waals surface area (Å²) in [5.41, 5.74) is 3.01. The fourth-order valence-electron chi connectivity index (χ4n) is 3.56. The van der Waals surface area contributed by atoms with E-state index in [1.165, 1.54) is 6.07 Å². The van der Waals surface area contributed by atoms with Gasteiger partial charge >= 0.3 is 0 Å². The number of rotatable bonds is 9. The number of amides is 1. The van der Waals surface area contributed by atoms with Crippen LogP contribution in [0.15, 0.2) is 48.5 Å². The van der Waals surface area contributed by atoms with Gasteiger partial charge in [0, 0.05) is 29.1 Å². The number of hydrogen-bond donors (Lipinski definition) is 1. The van der Waals surface area contributed by atoms with Crippen LogP contribution in [0.1, 0.15) is 38.4 Å². The number of ether oxygens (including phenoxy) is 1. The van der Waals surface area contributed by atoms with Crippen LogP contribution < -0.4 is 5.32 Å². The van der Waals surface area contributed by atoms with Crippen molar-refractivity contribution < 1.29 is 13.9 Å². The Labute approximate surface area is 165 Å². The number of anilines is 1. The van der Waals surface area contributed by atoms with E-state index >= 15 is 0 Å². The van der Waals surface area contributed by atoms with Gasteiger partial charge in [-0.25, -0.2) is 4.39 Å². The summed E-state index contributed by atoms with van der Waals surface area (Å²) in [6.07, 6.45) is 1.43. The van der Waals surface area contributed by atoms with Crippen LogP contribution in [-0.2, 0) is 28.1 Å². The van der Waals surface area contributed by atoms with Crippen molar-refractivity contribution in [2.24, 2.45) is 0 Å². The topological polar surface area (TPSA) is 43.3 Å². The van der Waals surface area contributed by atoms with Crippen LogP contribution in [0.2, 0.25) is 0 Å². The van der Waals surface area contributed by atoms with Gasteiger partial charge in [-0.15, -0.1) is 0 Å². The molecule has 0 aliphatic rings. The lowest BCUT2D eigenvalue weighted by Crippen LogP contribution is -2.27. The largest absolute Gasteiger partial charge is 0.376 e. The minimum absolute atomic E-state index is 0.195. The number of fused-ring (bicyclic) bond motifs is 1. The molecule has 5 heteroatoms. The third-order valence-corrected chi connectivity index (χ3v) is 4.92. The van der Waals surface area contributed by atoms with E-state index in [2.05, 4.69) is 36.7 Å². The summed E-state index contributed by atoms with van der Waals surface area (Å²) < 4.78 is 22.5. The summed E-state index contributed by atoms with van der Waals surface area (Å²) in [5, 5.41) is 3.34. The minimum atomic E-state index is -0.431. The van der Waals surface area contributed by atoms with Crippen LogP contribution in [0.3, 0.4) is 0 Å². The molecular formula is C23H27FN2O2. The quantitative estimate of drug-likeness (QED) is 0.514. The number of halogens is 1. The molecule has 4 nitrogen and oxygen atoms in total. The highest BCUT2D eigenvalue weighted by atomic mass is 19.1. The van der Waals surface area contributed by atoms with Crippen LogP contribution >= 0.6 is 0 Å². The molecule has 0 unspecified atom stereocenters. The van der Waals surface area contributed by atoms with Gasteiger partial charge in [0.2, 0.25) is 6.41 Å². The summed E-state index contributed by atoms with van der Waals surface area (Å²) in [7, 11) is 0. The maximum absolute atomic E-state index is 14.4. The molecule has 1 N–H and O–H groups in total. The Hall–Kier alpha value is -2.66. The third-order valence-electron chi connectivity index (χ3n) is 4.92. The van der Waals surface area contributed by atoms with E-state index in [1.807, 2.05) is 30.3 Å². The molecule has 0 aliphatic heterocycles. The van der Waals surface area contributed by atoms with Gasteiger partial charge in [-0.1, -0.05) is 51.1 Å². The summed E-state index contributed by atoms with van der Waals surface area (Å²) in [4.78, 5) is 10.7. The lowest BCUT2D eigenvalue weighted by molar-refractivity contribution is -0.105. The highest BCUT2D eigenvalue weighted by Crippen LogP contribution is 2.33. The number of aryl methyl sites for hydroxylation is 1. The molecule has 28 heavy (non-hydrogen) atoms. The predicted molar refractivity (Wildman–Crippen MR) is 111 cm³/mol. The molecule has 148 valence electrons. The monoisotopic (exact) mass is 382 g/mol. The number of nitrogens with one attached hydrogen (secondary N) is 1. The van der Waals surface area contributed by atoms with Crippen LogP contribution in [0.5, 0.6) is 0 Å². The van der Waals surface area contributed by atoms with Gasteiger partial charge in [0.05, 0.1) is 24.4 Å². The number of nitrogens with zero attached hydrogens (tertiary/aromatic N) is 1. The van der Waals surface area contributed by atoms with Crippen LogP contribution in [0.25, 0.3) is 10.9 Å². The maximum atomic E-state index is 14.4. The SMILES string of the molecule is CCCn1c(C(C)(C)COCc2ccccc2)cc2cc(NC=O)c(F)cc21. The zero-order chi connectivity index (χ0) is 20.1. The molecule has 1 aromatic heterocycles. The van der Waals surface area contributed by atoms with Gasteiger partial charge in [-0.3, -0.25) is 4.79 Å². The normalized spacial score (nSPS) is 11.7. The van der Waals surface area contributed by atoms with Gasteiger partial charge in [0.1, 0.15) is 5.82 Å². The highest BCUT2D eigenvalue weighted by molar-refractivity contribution is 5.87. The van der Waals surface area contributed by atoms with Crippen molar-refractivity contribution in [2.75, 3.05) is 11.9 Å². The van der Waals surface area contributed by atoms with Gasteiger partial charge in [-0.05, 0) is 24.1 Å². The summed E-state index contributed by atoms with van der Waals surface area (Å²) in [5.74, 6) is -0.431. The minimum Gasteiger partial charge on any atom is -0.376 e. The van der Waals surface area contributed by atoms with Gasteiger partial charge < -0.3 is 14.6 Å². The Balaban J connectivity index is 1.90. The maximum Gasteiger partial charge on any atom is 0.211 e. The zero-order valence-corrected chi connectivity index (χ0v) is 16.7. The molecule has 0 atom stereocenters. The van der Waals surface area contributed by atoms with Gasteiger partial charge in [-0.2, -0.15) is 0 Å². The third kappa shape index (κ3) is 4.25. The van der Waals surface area contributed by atoms with E-state index < -0.39 is 5.82 Å². The summed E-state index contributed by atoms with van der Waals surface area (Å²) >= 11 is 0. The second-order valence-electron chi connectivity index (χ2n) is 7.70. The first-order valence-electron chi connectivity index (χ1n) is 9.61. The number of hydrogen-bond acceptors (Lipinski definition) is 2. The van der Waals surface area contributed by atoms with E-state index in [-0.39, 0.29) is 11.1 Å². The van der Waals surface area contributed by atoms with Crippen molar-refractivity contribution in [3.8, 4) is 0 Å². The molecule has 0 aliphatic carbocycles. The Morgan fingerprint density at radius 2 is 1.93 bits per heavy atom. The van der Waals surface area contributed by atoms with Crippen molar-refractivity contribution in [1.82, 2.24) is 4.57 Å². The zero-order valence-electron chi connectivity index (χ0n) is 16.7. The summed E-state index contributed by atoms with van der Waals surface area (Å²) in [6.45, 7) is 8.27. The number of carbonyl (C=O) groups is 1. The Kier molecular flexibility index (Phi) is 6.15. The Morgan fingerprint density at radius 3 is 2.61 bits per heavy atom. The van der Waals surface area contributed by atoms with E-state index in [4.69, 9.17) is 4.74 Å². The molecule has 3 aromatic rings. The average molecular weight is 382 g/mol. The van der Waals surface area contributed by atoms with Crippen LogP contribution in [-0.4, -0.2) is 17.6 Å². The standard InChI is InChI=1S/C23H27FN2O2/c1-4-10-26-21-13-19(24)20(25-16-27)11-18(21)12-22(26)23(2,3)15-28-14-17-8-6-5-7-9-17/h5-9,11-13,16H,4,10,14-15H2,1-3H3,(H,25,27).